The summed E-state index contributed by atoms with van der Waals surface area (Å²) in [6.07, 6.45) is 1.11. The fourth-order valence-corrected chi connectivity index (χ4v) is 2.04. The van der Waals surface area contributed by atoms with Crippen LogP contribution < -0.4 is 9.47 Å². The van der Waals surface area contributed by atoms with E-state index in [-0.39, 0.29) is 6.61 Å². The van der Waals surface area contributed by atoms with Crippen molar-refractivity contribution in [2.24, 2.45) is 0 Å². The van der Waals surface area contributed by atoms with Gasteiger partial charge in [0.2, 0.25) is 11.7 Å². The first-order chi connectivity index (χ1) is 9.69. The van der Waals surface area contributed by atoms with Gasteiger partial charge in [0.15, 0.2) is 11.5 Å². The minimum atomic E-state index is 0.0832. The van der Waals surface area contributed by atoms with Crippen LogP contribution in [0.5, 0.6) is 11.5 Å². The van der Waals surface area contributed by atoms with Crippen LogP contribution in [-0.4, -0.2) is 36.1 Å². The lowest BCUT2D eigenvalue weighted by molar-refractivity contribution is 0.278. The summed E-state index contributed by atoms with van der Waals surface area (Å²) in [6, 6.07) is 3.41. The van der Waals surface area contributed by atoms with Gasteiger partial charge in [0.05, 0.1) is 19.2 Å². The van der Waals surface area contributed by atoms with Crippen LogP contribution in [0.1, 0.15) is 12.3 Å². The molecular weight excluding hydrogens is 284 g/mol. The predicted octanol–water partition coefficient (Wildman–Crippen LogP) is 2.33. The Labute approximate surface area is 121 Å². The topological polar surface area (TPSA) is 77.6 Å². The number of rotatable bonds is 6. The number of aromatic nitrogens is 2. The molecule has 0 atom stereocenters. The zero-order valence-corrected chi connectivity index (χ0v) is 12.0. The van der Waals surface area contributed by atoms with E-state index in [0.29, 0.717) is 46.6 Å². The number of methoxy groups -OCH3 is 2. The number of aliphatic hydroxyl groups is 1. The Bertz CT molecular complexity index is 586. The molecule has 0 aliphatic heterocycles. The molecule has 0 aliphatic rings. The number of aryl methyl sites for hydroxylation is 1. The number of aliphatic hydroxyl groups excluding tert-OH is 1. The van der Waals surface area contributed by atoms with Crippen molar-refractivity contribution < 1.29 is 19.1 Å². The second-order valence-electron chi connectivity index (χ2n) is 4.03. The Morgan fingerprint density at radius 3 is 2.75 bits per heavy atom. The number of hydrogen-bond donors (Lipinski definition) is 1. The number of hydrogen-bond acceptors (Lipinski definition) is 6. The van der Waals surface area contributed by atoms with Crippen LogP contribution in [0.3, 0.4) is 0 Å². The molecule has 6 nitrogen and oxygen atoms in total. The van der Waals surface area contributed by atoms with Crippen LogP contribution in [-0.2, 0) is 6.42 Å². The molecule has 1 aromatic carbocycles. The molecular formula is C13H15ClN2O4. The first-order valence-corrected chi connectivity index (χ1v) is 6.42. The Balaban J connectivity index is 2.32. The molecule has 0 saturated heterocycles. The van der Waals surface area contributed by atoms with Crippen LogP contribution in [0.2, 0.25) is 5.02 Å². The first-order valence-electron chi connectivity index (χ1n) is 6.05. The monoisotopic (exact) mass is 298 g/mol. The predicted molar refractivity (Wildman–Crippen MR) is 73.3 cm³/mol. The molecule has 0 saturated carbocycles. The normalized spacial score (nSPS) is 10.6. The lowest BCUT2D eigenvalue weighted by atomic mass is 10.2. The Hall–Kier alpha value is -1.79. The Morgan fingerprint density at radius 1 is 1.30 bits per heavy atom. The van der Waals surface area contributed by atoms with Gasteiger partial charge >= 0.3 is 0 Å². The summed E-state index contributed by atoms with van der Waals surface area (Å²) in [5.74, 6) is 1.85. The van der Waals surface area contributed by atoms with E-state index < -0.39 is 0 Å². The van der Waals surface area contributed by atoms with Crippen molar-refractivity contribution in [3.8, 4) is 22.9 Å². The van der Waals surface area contributed by atoms with Crippen LogP contribution in [0.4, 0.5) is 0 Å². The Kier molecular flexibility index (Phi) is 4.81. The fraction of sp³-hybridized carbons (Fsp3) is 0.385. The summed E-state index contributed by atoms with van der Waals surface area (Å²) in [4.78, 5) is 4.25. The van der Waals surface area contributed by atoms with Crippen molar-refractivity contribution in [3.05, 3.63) is 23.0 Å². The van der Waals surface area contributed by atoms with Gasteiger partial charge in [0, 0.05) is 18.6 Å². The van der Waals surface area contributed by atoms with E-state index in [2.05, 4.69) is 10.1 Å². The lowest BCUT2D eigenvalue weighted by Crippen LogP contribution is -1.93. The molecule has 1 aromatic heterocycles. The van der Waals surface area contributed by atoms with Crippen molar-refractivity contribution >= 4 is 11.6 Å². The molecule has 0 bridgehead atoms. The average molecular weight is 299 g/mol. The molecule has 2 aromatic rings. The second kappa shape index (κ2) is 6.58. The minimum absolute atomic E-state index is 0.0832. The SMILES string of the molecule is COc1cc(-c2noc(CCCO)n2)cc(Cl)c1OC. The molecule has 1 heterocycles. The van der Waals surface area contributed by atoms with Gasteiger partial charge in [-0.1, -0.05) is 16.8 Å². The summed E-state index contributed by atoms with van der Waals surface area (Å²) in [6.45, 7) is 0.0832. The van der Waals surface area contributed by atoms with E-state index in [1.54, 1.807) is 12.1 Å². The number of benzene rings is 1. The smallest absolute Gasteiger partial charge is 0.227 e. The number of ether oxygens (including phenoxy) is 2. The van der Waals surface area contributed by atoms with E-state index in [4.69, 9.17) is 30.7 Å². The minimum Gasteiger partial charge on any atom is -0.493 e. The van der Waals surface area contributed by atoms with Crippen LogP contribution >= 0.6 is 11.6 Å². The molecule has 20 heavy (non-hydrogen) atoms. The summed E-state index contributed by atoms with van der Waals surface area (Å²) in [5.41, 5.74) is 0.673. The van der Waals surface area contributed by atoms with Crippen molar-refractivity contribution in [3.63, 3.8) is 0 Å². The zero-order chi connectivity index (χ0) is 14.5. The van der Waals surface area contributed by atoms with Crippen LogP contribution in [0.25, 0.3) is 11.4 Å². The third-order valence-electron chi connectivity index (χ3n) is 2.71. The number of halogens is 1. The van der Waals surface area contributed by atoms with E-state index in [1.807, 2.05) is 0 Å². The largest absolute Gasteiger partial charge is 0.493 e. The van der Waals surface area contributed by atoms with Gasteiger partial charge in [-0.3, -0.25) is 0 Å². The molecule has 2 rings (SSSR count). The molecule has 7 heteroatoms. The van der Waals surface area contributed by atoms with Crippen molar-refractivity contribution in [1.29, 1.82) is 0 Å². The molecule has 0 aliphatic carbocycles. The maximum absolute atomic E-state index is 8.78. The third-order valence-corrected chi connectivity index (χ3v) is 2.99. The fourth-order valence-electron chi connectivity index (χ4n) is 1.75. The molecule has 0 spiro atoms. The van der Waals surface area contributed by atoms with Crippen LogP contribution in [0, 0.1) is 0 Å². The van der Waals surface area contributed by atoms with Gasteiger partial charge in [-0.2, -0.15) is 4.98 Å². The van der Waals surface area contributed by atoms with Gasteiger partial charge < -0.3 is 19.1 Å². The maximum Gasteiger partial charge on any atom is 0.227 e. The highest BCUT2D eigenvalue weighted by molar-refractivity contribution is 6.32. The van der Waals surface area contributed by atoms with Crippen molar-refractivity contribution in [2.75, 3.05) is 20.8 Å². The van der Waals surface area contributed by atoms with Gasteiger partial charge in [-0.05, 0) is 18.6 Å². The van der Waals surface area contributed by atoms with E-state index >= 15 is 0 Å². The summed E-state index contributed by atoms with van der Waals surface area (Å²) < 4.78 is 15.5. The highest BCUT2D eigenvalue weighted by Gasteiger charge is 2.15. The summed E-state index contributed by atoms with van der Waals surface area (Å²) in [5, 5.41) is 13.1. The number of nitrogens with zero attached hydrogens (tertiary/aromatic N) is 2. The molecule has 0 amide bonds. The van der Waals surface area contributed by atoms with Gasteiger partial charge in [-0.15, -0.1) is 0 Å². The Morgan fingerprint density at radius 2 is 2.10 bits per heavy atom. The maximum atomic E-state index is 8.78. The van der Waals surface area contributed by atoms with E-state index in [1.165, 1.54) is 14.2 Å². The van der Waals surface area contributed by atoms with Crippen molar-refractivity contribution in [2.45, 2.75) is 12.8 Å². The summed E-state index contributed by atoms with van der Waals surface area (Å²) >= 11 is 6.13. The molecule has 0 radical (unpaired) electrons. The zero-order valence-electron chi connectivity index (χ0n) is 11.2. The van der Waals surface area contributed by atoms with Gasteiger partial charge in [0.25, 0.3) is 0 Å². The van der Waals surface area contributed by atoms with Crippen LogP contribution in [0.15, 0.2) is 16.7 Å². The lowest BCUT2D eigenvalue weighted by Gasteiger charge is -2.10. The summed E-state index contributed by atoms with van der Waals surface area (Å²) in [7, 11) is 3.05. The van der Waals surface area contributed by atoms with Gasteiger partial charge in [-0.25, -0.2) is 0 Å². The molecule has 0 fully saturated rings. The average Bonchev–Trinajstić information content (AvgIpc) is 2.93. The standard InChI is InChI=1S/C13H15ClN2O4/c1-18-10-7-8(6-9(14)12(10)19-2)13-15-11(20-16-13)4-3-5-17/h6-7,17H,3-5H2,1-2H3. The highest BCUT2D eigenvalue weighted by atomic mass is 35.5. The quantitative estimate of drug-likeness (QED) is 0.882. The first kappa shape index (κ1) is 14.6. The van der Waals surface area contributed by atoms with Gasteiger partial charge in [0.1, 0.15) is 0 Å². The molecule has 0 unspecified atom stereocenters. The highest BCUT2D eigenvalue weighted by Crippen LogP contribution is 2.38. The molecule has 108 valence electrons. The molecule has 1 N–H and O–H groups in total. The van der Waals surface area contributed by atoms with E-state index in [0.717, 1.165) is 0 Å². The third kappa shape index (κ3) is 3.02. The second-order valence-corrected chi connectivity index (χ2v) is 4.44. The van der Waals surface area contributed by atoms with E-state index in [9.17, 15) is 0 Å². The van der Waals surface area contributed by atoms with Crippen molar-refractivity contribution in [1.82, 2.24) is 10.1 Å².